The number of para-hydroxylation sites is 2. The Morgan fingerprint density at radius 3 is 2.57 bits per heavy atom. The Morgan fingerprint density at radius 2 is 1.90 bits per heavy atom. The SMILES string of the molecule is CCOC(=O)n1c(/N=C(\CC)OCC)nc2ccccc21. The Morgan fingerprint density at radius 1 is 1.19 bits per heavy atom. The van der Waals surface area contributed by atoms with E-state index >= 15 is 0 Å². The lowest BCUT2D eigenvalue weighted by Crippen LogP contribution is -2.13. The first kappa shape index (κ1) is 15.0. The van der Waals surface area contributed by atoms with E-state index < -0.39 is 6.09 Å². The van der Waals surface area contributed by atoms with Gasteiger partial charge in [-0.2, -0.15) is 4.99 Å². The van der Waals surface area contributed by atoms with E-state index in [0.29, 0.717) is 36.6 Å². The van der Waals surface area contributed by atoms with E-state index in [1.54, 1.807) is 6.92 Å². The van der Waals surface area contributed by atoms with Crippen molar-refractivity contribution in [2.75, 3.05) is 13.2 Å². The molecule has 2 rings (SSSR count). The number of hydrogen-bond acceptors (Lipinski definition) is 5. The molecule has 6 heteroatoms. The second kappa shape index (κ2) is 6.88. The predicted octanol–water partition coefficient (Wildman–Crippen LogP) is 3.52. The van der Waals surface area contributed by atoms with Gasteiger partial charge in [0, 0.05) is 6.42 Å². The number of imidazole rings is 1. The zero-order valence-electron chi connectivity index (χ0n) is 12.5. The van der Waals surface area contributed by atoms with Gasteiger partial charge in [0.05, 0.1) is 24.2 Å². The third-order valence-electron chi connectivity index (χ3n) is 2.83. The zero-order chi connectivity index (χ0) is 15.2. The summed E-state index contributed by atoms with van der Waals surface area (Å²) < 4.78 is 11.9. The standard InChI is InChI=1S/C15H19N3O3/c1-4-13(20-5-2)17-14-16-11-9-7-8-10-12(11)18(14)15(19)21-6-3/h7-10H,4-6H2,1-3H3/b17-13+. The van der Waals surface area contributed by atoms with E-state index in [1.165, 1.54) is 4.57 Å². The number of carbonyl (C=O) groups excluding carboxylic acids is 1. The van der Waals surface area contributed by atoms with Gasteiger partial charge in [-0.25, -0.2) is 14.3 Å². The average Bonchev–Trinajstić information content (AvgIpc) is 2.84. The number of aromatic nitrogens is 2. The van der Waals surface area contributed by atoms with Crippen molar-refractivity contribution in [2.24, 2.45) is 4.99 Å². The summed E-state index contributed by atoms with van der Waals surface area (Å²) in [5.74, 6) is 0.818. The maximum absolute atomic E-state index is 12.2. The van der Waals surface area contributed by atoms with Gasteiger partial charge in [-0.15, -0.1) is 0 Å². The highest BCUT2D eigenvalue weighted by Crippen LogP contribution is 2.22. The molecule has 21 heavy (non-hydrogen) atoms. The van der Waals surface area contributed by atoms with Crippen LogP contribution in [0.25, 0.3) is 11.0 Å². The van der Waals surface area contributed by atoms with Crippen LogP contribution in [0, 0.1) is 0 Å². The molecule has 1 aromatic carbocycles. The van der Waals surface area contributed by atoms with Crippen LogP contribution in [0.4, 0.5) is 10.7 Å². The number of aliphatic imine (C=N–C) groups is 1. The molecule has 0 unspecified atom stereocenters. The molecular weight excluding hydrogens is 270 g/mol. The molecule has 112 valence electrons. The first-order valence-electron chi connectivity index (χ1n) is 7.06. The molecule has 0 aliphatic heterocycles. The summed E-state index contributed by atoms with van der Waals surface area (Å²) in [6.07, 6.45) is 0.136. The summed E-state index contributed by atoms with van der Waals surface area (Å²) in [5.41, 5.74) is 1.36. The minimum atomic E-state index is -0.489. The zero-order valence-corrected chi connectivity index (χ0v) is 12.5. The van der Waals surface area contributed by atoms with Crippen molar-refractivity contribution in [3.05, 3.63) is 24.3 Å². The Balaban J connectivity index is 2.56. The molecule has 0 radical (unpaired) electrons. The second-order valence-electron chi connectivity index (χ2n) is 4.23. The highest BCUT2D eigenvalue weighted by atomic mass is 16.5. The molecule has 0 amide bonds. The van der Waals surface area contributed by atoms with E-state index in [9.17, 15) is 4.79 Å². The highest BCUT2D eigenvalue weighted by Gasteiger charge is 2.17. The van der Waals surface area contributed by atoms with Crippen molar-refractivity contribution in [3.8, 4) is 0 Å². The van der Waals surface area contributed by atoms with Crippen LogP contribution in [0.15, 0.2) is 29.3 Å². The number of nitrogens with zero attached hydrogens (tertiary/aromatic N) is 3. The fourth-order valence-corrected chi connectivity index (χ4v) is 1.95. The first-order valence-corrected chi connectivity index (χ1v) is 7.06. The normalized spacial score (nSPS) is 11.7. The lowest BCUT2D eigenvalue weighted by Gasteiger charge is -2.07. The molecule has 0 N–H and O–H groups in total. The molecule has 0 saturated carbocycles. The lowest BCUT2D eigenvalue weighted by atomic mass is 10.3. The third-order valence-corrected chi connectivity index (χ3v) is 2.83. The van der Waals surface area contributed by atoms with Gasteiger partial charge in [0.15, 0.2) is 5.90 Å². The first-order chi connectivity index (χ1) is 10.2. The van der Waals surface area contributed by atoms with Gasteiger partial charge >= 0.3 is 6.09 Å². The monoisotopic (exact) mass is 289 g/mol. The summed E-state index contributed by atoms with van der Waals surface area (Å²) in [6.45, 7) is 6.40. The smallest absolute Gasteiger partial charge is 0.421 e. The molecule has 6 nitrogen and oxygen atoms in total. The average molecular weight is 289 g/mol. The van der Waals surface area contributed by atoms with Gasteiger partial charge in [-0.1, -0.05) is 19.1 Å². The molecule has 0 aliphatic rings. The van der Waals surface area contributed by atoms with Crippen LogP contribution in [-0.2, 0) is 9.47 Å². The Bertz CT molecular complexity index is 661. The van der Waals surface area contributed by atoms with Gasteiger partial charge in [0.2, 0.25) is 5.95 Å². The van der Waals surface area contributed by atoms with Crippen molar-refractivity contribution in [1.82, 2.24) is 9.55 Å². The molecule has 0 fully saturated rings. The van der Waals surface area contributed by atoms with Gasteiger partial charge in [-0.05, 0) is 26.0 Å². The highest BCUT2D eigenvalue weighted by molar-refractivity contribution is 5.91. The summed E-state index contributed by atoms with van der Waals surface area (Å²) >= 11 is 0. The Hall–Kier alpha value is -2.37. The van der Waals surface area contributed by atoms with E-state index in [0.717, 1.165) is 0 Å². The van der Waals surface area contributed by atoms with Gasteiger partial charge in [0.1, 0.15) is 0 Å². The predicted molar refractivity (Wildman–Crippen MR) is 81.2 cm³/mol. The molecular formula is C15H19N3O3. The number of ether oxygens (including phenoxy) is 2. The topological polar surface area (TPSA) is 65.7 Å². The van der Waals surface area contributed by atoms with Crippen LogP contribution in [0.5, 0.6) is 0 Å². The summed E-state index contributed by atoms with van der Waals surface area (Å²) in [6, 6.07) is 7.35. The molecule has 0 spiro atoms. The molecule has 0 bridgehead atoms. The van der Waals surface area contributed by atoms with E-state index in [-0.39, 0.29) is 5.95 Å². The van der Waals surface area contributed by atoms with Gasteiger partial charge in [-0.3, -0.25) is 0 Å². The van der Waals surface area contributed by atoms with Crippen LogP contribution in [-0.4, -0.2) is 34.8 Å². The van der Waals surface area contributed by atoms with Crippen molar-refractivity contribution in [2.45, 2.75) is 27.2 Å². The number of rotatable bonds is 4. The van der Waals surface area contributed by atoms with Gasteiger partial charge < -0.3 is 9.47 Å². The number of fused-ring (bicyclic) bond motifs is 1. The van der Waals surface area contributed by atoms with Crippen LogP contribution in [0.2, 0.25) is 0 Å². The number of hydrogen-bond donors (Lipinski definition) is 0. The summed E-state index contributed by atoms with van der Waals surface area (Å²) in [5, 5.41) is 0. The summed E-state index contributed by atoms with van der Waals surface area (Å²) in [7, 11) is 0. The van der Waals surface area contributed by atoms with Crippen LogP contribution >= 0.6 is 0 Å². The Labute approximate surface area is 123 Å². The van der Waals surface area contributed by atoms with Crippen LogP contribution in [0.1, 0.15) is 27.2 Å². The minimum absolute atomic E-state index is 0.278. The second-order valence-corrected chi connectivity index (χ2v) is 4.23. The largest absolute Gasteiger partial charge is 0.481 e. The van der Waals surface area contributed by atoms with Crippen molar-refractivity contribution in [3.63, 3.8) is 0 Å². The van der Waals surface area contributed by atoms with Crippen molar-refractivity contribution in [1.29, 1.82) is 0 Å². The fourth-order valence-electron chi connectivity index (χ4n) is 1.95. The number of carbonyl (C=O) groups is 1. The molecule has 0 saturated heterocycles. The quantitative estimate of drug-likeness (QED) is 0.638. The molecule has 2 aromatic rings. The molecule has 0 aliphatic carbocycles. The van der Waals surface area contributed by atoms with Crippen LogP contribution in [0.3, 0.4) is 0 Å². The van der Waals surface area contributed by atoms with E-state index in [1.807, 2.05) is 38.1 Å². The summed E-state index contributed by atoms with van der Waals surface area (Å²) in [4.78, 5) is 20.9. The fraction of sp³-hybridized carbons (Fsp3) is 0.400. The maximum Gasteiger partial charge on any atom is 0.421 e. The lowest BCUT2D eigenvalue weighted by molar-refractivity contribution is 0.155. The van der Waals surface area contributed by atoms with E-state index in [4.69, 9.17) is 9.47 Å². The minimum Gasteiger partial charge on any atom is -0.481 e. The van der Waals surface area contributed by atoms with Crippen molar-refractivity contribution >= 4 is 29.0 Å². The van der Waals surface area contributed by atoms with E-state index in [2.05, 4.69) is 9.98 Å². The maximum atomic E-state index is 12.2. The molecule has 1 aromatic heterocycles. The van der Waals surface area contributed by atoms with Crippen LogP contribution < -0.4 is 0 Å². The third kappa shape index (κ3) is 3.21. The number of benzene rings is 1. The molecule has 1 heterocycles. The molecule has 0 atom stereocenters. The Kier molecular flexibility index (Phi) is 4.92. The van der Waals surface area contributed by atoms with Crippen molar-refractivity contribution < 1.29 is 14.3 Å². The van der Waals surface area contributed by atoms with Gasteiger partial charge in [0.25, 0.3) is 0 Å².